The highest BCUT2D eigenvalue weighted by Crippen LogP contribution is 2.43. The number of nitrogens with two attached hydrogens (primary N) is 1. The number of anilines is 2. The van der Waals surface area contributed by atoms with Crippen LogP contribution in [-0.2, 0) is 4.79 Å². The lowest BCUT2D eigenvalue weighted by molar-refractivity contribution is -0.198. The molecule has 1 unspecified atom stereocenters. The topological polar surface area (TPSA) is 131 Å². The van der Waals surface area contributed by atoms with Crippen molar-refractivity contribution in [2.24, 2.45) is 5.41 Å². The molecule has 242 valence electrons. The minimum Gasteiger partial charge on any atom is -0.480 e. The second-order valence-electron chi connectivity index (χ2n) is 12.5. The second kappa shape index (κ2) is 11.9. The molecule has 2 aliphatic rings. The molecule has 0 radical (unpaired) electrons. The quantitative estimate of drug-likeness (QED) is 0.239. The fourth-order valence-corrected chi connectivity index (χ4v) is 6.60. The third-order valence-electron chi connectivity index (χ3n) is 8.89. The molecule has 4 N–H and O–H groups in total. The van der Waals surface area contributed by atoms with Crippen LogP contribution in [0.4, 0.5) is 24.9 Å². The predicted octanol–water partition coefficient (Wildman–Crippen LogP) is 5.55. The lowest BCUT2D eigenvalue weighted by Crippen LogP contribution is -2.41. The van der Waals surface area contributed by atoms with E-state index in [1.807, 2.05) is 36.9 Å². The summed E-state index contributed by atoms with van der Waals surface area (Å²) in [5.41, 5.74) is 10.3. The van der Waals surface area contributed by atoms with Gasteiger partial charge in [-0.3, -0.25) is 4.79 Å². The number of carboxylic acids is 1. The van der Waals surface area contributed by atoms with E-state index in [0.29, 0.717) is 50.4 Å². The smallest absolute Gasteiger partial charge is 0.429 e. The van der Waals surface area contributed by atoms with Gasteiger partial charge in [0, 0.05) is 37.5 Å². The van der Waals surface area contributed by atoms with E-state index >= 15 is 0 Å². The van der Waals surface area contributed by atoms with E-state index in [9.17, 15) is 23.1 Å². The molecular formula is C33H36F3N7O3. The Bertz CT molecular complexity index is 1750. The molecule has 0 bridgehead atoms. The number of hydrogen-bond donors (Lipinski definition) is 3. The van der Waals surface area contributed by atoms with Crippen LogP contribution in [0.15, 0.2) is 54.7 Å². The second-order valence-corrected chi connectivity index (χ2v) is 12.5. The van der Waals surface area contributed by atoms with Crippen LogP contribution in [0.1, 0.15) is 47.8 Å². The van der Waals surface area contributed by atoms with Crippen LogP contribution in [0.25, 0.3) is 16.8 Å². The van der Waals surface area contributed by atoms with Crippen molar-refractivity contribution in [3.05, 3.63) is 77.1 Å². The van der Waals surface area contributed by atoms with Gasteiger partial charge in [-0.2, -0.15) is 28.2 Å². The molecule has 1 spiro atoms. The van der Waals surface area contributed by atoms with Crippen molar-refractivity contribution in [1.29, 1.82) is 0 Å². The van der Waals surface area contributed by atoms with Crippen LogP contribution in [0, 0.1) is 26.2 Å². The molecule has 0 aliphatic carbocycles. The molecule has 6 rings (SSSR count). The fraction of sp³-hybridized carbons (Fsp3) is 0.394. The number of nitrogen functional groups attached to an aromatic ring is 1. The number of piperidine rings is 1. The van der Waals surface area contributed by atoms with Gasteiger partial charge in [-0.1, -0.05) is 41.5 Å². The number of aromatic nitrogens is 4. The standard InChI is InChI=1S/C33H36F3N7O3/c1-19-12-20(2)14-23(13-19)22-4-5-24(26(15-22)43-9-6-21(3)41-43)29(33(34,35)36)46-28-16-27(39-31(37)40-28)42-10-7-32(8-11-42)17-25(30(44)45)38-18-32/h4-6,9,12-16,25,29,38H,7-8,10-11,17-18H2,1-3H3,(H,44,45)(H2,37,39,40)/t25?,29-/m1/s1. The van der Waals surface area contributed by atoms with Crippen LogP contribution >= 0.6 is 0 Å². The Morgan fingerprint density at radius 3 is 2.37 bits per heavy atom. The van der Waals surface area contributed by atoms with Crippen molar-refractivity contribution in [1.82, 2.24) is 25.1 Å². The van der Waals surface area contributed by atoms with E-state index in [1.165, 1.54) is 16.8 Å². The summed E-state index contributed by atoms with van der Waals surface area (Å²) in [7, 11) is 0. The zero-order valence-corrected chi connectivity index (χ0v) is 25.8. The molecule has 0 amide bonds. The number of rotatable bonds is 7. The average Bonchev–Trinajstić information content (AvgIpc) is 3.61. The summed E-state index contributed by atoms with van der Waals surface area (Å²) < 4.78 is 51.6. The number of aliphatic carboxylic acids is 1. The summed E-state index contributed by atoms with van der Waals surface area (Å²) in [6.45, 7) is 7.39. The zero-order valence-electron chi connectivity index (χ0n) is 25.8. The highest BCUT2D eigenvalue weighted by Gasteiger charge is 2.46. The first-order chi connectivity index (χ1) is 21.8. The molecule has 4 aromatic rings. The Labute approximate surface area is 264 Å². The number of nitrogens with one attached hydrogen (secondary N) is 1. The van der Waals surface area contributed by atoms with E-state index in [1.54, 1.807) is 31.3 Å². The van der Waals surface area contributed by atoms with E-state index in [0.717, 1.165) is 22.3 Å². The molecule has 2 atom stereocenters. The number of ether oxygens (including phenoxy) is 1. The first kappa shape index (κ1) is 31.3. The number of halogens is 3. The molecule has 4 heterocycles. The van der Waals surface area contributed by atoms with Gasteiger partial charge in [0.2, 0.25) is 17.9 Å². The van der Waals surface area contributed by atoms with Crippen LogP contribution in [-0.4, -0.2) is 62.7 Å². The maximum atomic E-state index is 14.8. The largest absolute Gasteiger partial charge is 0.480 e. The van der Waals surface area contributed by atoms with Crippen LogP contribution in [0.5, 0.6) is 5.88 Å². The van der Waals surface area contributed by atoms with E-state index in [4.69, 9.17) is 10.5 Å². The van der Waals surface area contributed by atoms with Crippen molar-refractivity contribution in [3.63, 3.8) is 0 Å². The van der Waals surface area contributed by atoms with Crippen molar-refractivity contribution >= 4 is 17.7 Å². The maximum absolute atomic E-state index is 14.8. The van der Waals surface area contributed by atoms with Gasteiger partial charge in [-0.15, -0.1) is 0 Å². The number of aryl methyl sites for hydroxylation is 3. The third-order valence-corrected chi connectivity index (χ3v) is 8.89. The molecule has 2 fully saturated rings. The van der Waals surface area contributed by atoms with Gasteiger partial charge in [-0.05, 0) is 68.7 Å². The normalized spacial score (nSPS) is 18.6. The Morgan fingerprint density at radius 1 is 1.04 bits per heavy atom. The van der Waals surface area contributed by atoms with Crippen molar-refractivity contribution < 1.29 is 27.8 Å². The summed E-state index contributed by atoms with van der Waals surface area (Å²) in [4.78, 5) is 21.7. The van der Waals surface area contributed by atoms with E-state index in [-0.39, 0.29) is 28.5 Å². The molecule has 2 aromatic carbocycles. The van der Waals surface area contributed by atoms with Crippen molar-refractivity contribution in [2.75, 3.05) is 30.3 Å². The Balaban J connectivity index is 1.31. The van der Waals surface area contributed by atoms with Crippen LogP contribution in [0.3, 0.4) is 0 Å². The Hall–Kier alpha value is -4.65. The number of alkyl halides is 3. The Kier molecular flexibility index (Phi) is 8.13. The molecule has 2 aliphatic heterocycles. The van der Waals surface area contributed by atoms with Gasteiger partial charge in [0.25, 0.3) is 0 Å². The van der Waals surface area contributed by atoms with Gasteiger partial charge in [0.1, 0.15) is 11.9 Å². The highest BCUT2D eigenvalue weighted by atomic mass is 19.4. The number of hydrogen-bond acceptors (Lipinski definition) is 8. The molecule has 46 heavy (non-hydrogen) atoms. The average molecular weight is 636 g/mol. The minimum absolute atomic E-state index is 0.135. The van der Waals surface area contributed by atoms with Crippen LogP contribution < -0.4 is 20.7 Å². The third kappa shape index (κ3) is 6.50. The number of carboxylic acid groups (broad SMARTS) is 1. The van der Waals surface area contributed by atoms with Crippen molar-refractivity contribution in [3.8, 4) is 22.7 Å². The van der Waals surface area contributed by atoms with Gasteiger partial charge in [0.15, 0.2) is 0 Å². The van der Waals surface area contributed by atoms with Gasteiger partial charge < -0.3 is 25.8 Å². The van der Waals surface area contributed by atoms with Gasteiger partial charge in [-0.25, -0.2) is 4.68 Å². The summed E-state index contributed by atoms with van der Waals surface area (Å²) in [5.74, 6) is -1.03. The number of benzene rings is 2. The lowest BCUT2D eigenvalue weighted by Gasteiger charge is -2.39. The van der Waals surface area contributed by atoms with E-state index < -0.39 is 24.3 Å². The molecule has 13 heteroatoms. The first-order valence-electron chi connectivity index (χ1n) is 15.1. The minimum atomic E-state index is -4.81. The predicted molar refractivity (Wildman–Crippen MR) is 167 cm³/mol. The Morgan fingerprint density at radius 2 is 1.76 bits per heavy atom. The summed E-state index contributed by atoms with van der Waals surface area (Å²) >= 11 is 0. The summed E-state index contributed by atoms with van der Waals surface area (Å²) in [5, 5.41) is 16.9. The molecule has 10 nitrogen and oxygen atoms in total. The number of carbonyl (C=O) groups is 1. The fourth-order valence-electron chi connectivity index (χ4n) is 6.60. The summed E-state index contributed by atoms with van der Waals surface area (Å²) in [6, 6.07) is 13.3. The number of nitrogens with zero attached hydrogens (tertiary/aromatic N) is 5. The lowest BCUT2D eigenvalue weighted by atomic mass is 9.76. The summed E-state index contributed by atoms with van der Waals surface area (Å²) in [6.07, 6.45) is -3.64. The van der Waals surface area contributed by atoms with E-state index in [2.05, 4.69) is 20.4 Å². The highest BCUT2D eigenvalue weighted by molar-refractivity contribution is 5.74. The molecule has 2 saturated heterocycles. The zero-order chi connectivity index (χ0) is 32.8. The van der Waals surface area contributed by atoms with Crippen LogP contribution in [0.2, 0.25) is 0 Å². The SMILES string of the molecule is Cc1cc(C)cc(-c2ccc([C@@H](Oc3cc(N4CCC5(CC4)CNC(C(=O)O)C5)nc(N)n3)C(F)(F)F)c(-n3ccc(C)n3)c2)c1. The maximum Gasteiger partial charge on any atom is 0.429 e. The molecule has 0 saturated carbocycles. The first-order valence-corrected chi connectivity index (χ1v) is 15.1. The monoisotopic (exact) mass is 635 g/mol. The van der Waals surface area contributed by atoms with Crippen molar-refractivity contribution in [2.45, 2.75) is 58.4 Å². The molecular weight excluding hydrogens is 599 g/mol. The molecule has 2 aromatic heterocycles. The van der Waals surface area contributed by atoms with Gasteiger partial charge in [0.05, 0.1) is 11.4 Å². The van der Waals surface area contributed by atoms with Gasteiger partial charge >= 0.3 is 12.1 Å².